The molecule has 1 saturated heterocycles. The van der Waals surface area contributed by atoms with Gasteiger partial charge in [-0.05, 0) is 68.9 Å². The molecule has 1 aromatic heterocycles. The first-order valence-corrected chi connectivity index (χ1v) is 12.8. The predicted octanol–water partition coefficient (Wildman–Crippen LogP) is 5.71. The van der Waals surface area contributed by atoms with E-state index in [2.05, 4.69) is 39.6 Å². The van der Waals surface area contributed by atoms with E-state index < -0.39 is 0 Å². The number of nitrogens with zero attached hydrogens (tertiary/aromatic N) is 3. The second-order valence-corrected chi connectivity index (χ2v) is 10.1. The maximum absolute atomic E-state index is 6.14. The normalized spacial score (nSPS) is 20.2. The Bertz CT molecular complexity index is 948. The van der Waals surface area contributed by atoms with Crippen molar-refractivity contribution in [1.29, 1.82) is 0 Å². The summed E-state index contributed by atoms with van der Waals surface area (Å²) in [6.07, 6.45) is 9.60. The highest BCUT2D eigenvalue weighted by molar-refractivity contribution is 7.80. The summed E-state index contributed by atoms with van der Waals surface area (Å²) in [5.41, 5.74) is 1.37. The van der Waals surface area contributed by atoms with E-state index in [0.29, 0.717) is 23.0 Å². The van der Waals surface area contributed by atoms with Gasteiger partial charge in [0.25, 0.3) is 0 Å². The quantitative estimate of drug-likeness (QED) is 0.506. The monoisotopic (exact) mass is 487 g/mol. The van der Waals surface area contributed by atoms with E-state index >= 15 is 0 Å². The van der Waals surface area contributed by atoms with Gasteiger partial charge in [0.05, 0.1) is 7.11 Å². The Kier molecular flexibility index (Phi) is 7.91. The van der Waals surface area contributed by atoms with E-state index in [1.807, 2.05) is 18.2 Å². The lowest BCUT2D eigenvalue weighted by molar-refractivity contribution is 0.292. The number of benzene rings is 1. The van der Waals surface area contributed by atoms with Crippen molar-refractivity contribution in [3.63, 3.8) is 0 Å². The lowest BCUT2D eigenvalue weighted by atomic mass is 9.69. The molecule has 1 aliphatic carbocycles. The van der Waals surface area contributed by atoms with E-state index in [9.17, 15) is 0 Å². The molecule has 0 radical (unpaired) electrons. The Morgan fingerprint density at radius 2 is 1.91 bits per heavy atom. The summed E-state index contributed by atoms with van der Waals surface area (Å²) >= 11 is 11.8. The van der Waals surface area contributed by atoms with Gasteiger partial charge in [-0.3, -0.25) is 0 Å². The van der Waals surface area contributed by atoms with Crippen molar-refractivity contribution in [3.05, 3.63) is 40.9 Å². The van der Waals surface area contributed by atoms with Crippen molar-refractivity contribution in [2.45, 2.75) is 69.7 Å². The molecule has 2 fully saturated rings. The van der Waals surface area contributed by atoms with Gasteiger partial charge >= 0.3 is 0 Å². The molecule has 33 heavy (non-hydrogen) atoms. The summed E-state index contributed by atoms with van der Waals surface area (Å²) in [5, 5.41) is 7.95. The minimum atomic E-state index is 0.0538. The minimum absolute atomic E-state index is 0.0538. The molecule has 1 aromatic carbocycles. The number of hydrogen-bond donors (Lipinski definition) is 2. The van der Waals surface area contributed by atoms with E-state index in [1.54, 1.807) is 7.11 Å². The Morgan fingerprint density at radius 1 is 1.15 bits per heavy atom. The molecule has 6 nitrogen and oxygen atoms in total. The molecular weight excluding hydrogens is 454 g/mol. The fourth-order valence-corrected chi connectivity index (χ4v) is 5.44. The molecule has 2 N–H and O–H groups in total. The number of rotatable bonds is 6. The molecule has 2 aliphatic rings. The third-order valence-electron chi connectivity index (χ3n) is 7.08. The molecule has 1 saturated carbocycles. The van der Waals surface area contributed by atoms with Gasteiger partial charge in [-0.1, -0.05) is 43.0 Å². The lowest BCUT2D eigenvalue weighted by Crippen LogP contribution is -2.43. The van der Waals surface area contributed by atoms with Crippen molar-refractivity contribution in [3.8, 4) is 5.88 Å². The molecule has 4 rings (SSSR count). The molecule has 0 bridgehead atoms. The van der Waals surface area contributed by atoms with Gasteiger partial charge in [-0.25, -0.2) is 0 Å². The molecule has 1 unspecified atom stereocenters. The Hall–Kier alpha value is -2.12. The molecule has 2 heterocycles. The zero-order valence-electron chi connectivity index (χ0n) is 19.6. The van der Waals surface area contributed by atoms with Crippen LogP contribution in [0.4, 0.5) is 11.8 Å². The van der Waals surface area contributed by atoms with Gasteiger partial charge in [-0.15, -0.1) is 0 Å². The number of nitrogens with one attached hydrogen (secondary N) is 2. The third kappa shape index (κ3) is 5.87. The van der Waals surface area contributed by atoms with Crippen molar-refractivity contribution in [2.24, 2.45) is 0 Å². The average Bonchev–Trinajstić information content (AvgIpc) is 2.84. The minimum Gasteiger partial charge on any atom is -0.481 e. The first-order chi connectivity index (χ1) is 16.0. The average molecular weight is 488 g/mol. The third-order valence-corrected chi connectivity index (χ3v) is 7.57. The van der Waals surface area contributed by atoms with Crippen LogP contribution in [0.3, 0.4) is 0 Å². The number of piperidine rings is 1. The lowest BCUT2D eigenvalue weighted by Gasteiger charge is -2.38. The van der Waals surface area contributed by atoms with Crippen molar-refractivity contribution < 1.29 is 4.74 Å². The number of anilines is 2. The summed E-state index contributed by atoms with van der Waals surface area (Å²) in [6.45, 7) is 4.00. The van der Waals surface area contributed by atoms with Crippen LogP contribution < -0.4 is 20.3 Å². The zero-order valence-corrected chi connectivity index (χ0v) is 21.1. The maximum Gasteiger partial charge on any atom is 0.234 e. The Labute approximate surface area is 207 Å². The molecule has 0 spiro atoms. The second-order valence-electron chi connectivity index (χ2n) is 9.29. The zero-order chi connectivity index (χ0) is 23.3. The van der Waals surface area contributed by atoms with Gasteiger partial charge in [0.1, 0.15) is 5.82 Å². The molecular formula is C25H34ClN5OS. The van der Waals surface area contributed by atoms with Gasteiger partial charge < -0.3 is 20.3 Å². The first-order valence-electron chi connectivity index (χ1n) is 12.0. The van der Waals surface area contributed by atoms with E-state index in [-0.39, 0.29) is 5.41 Å². The SMILES string of the molecule is COc1cc(N2CCCCC2C)nc(NC(=S)NCC2(c3ccc(Cl)cc3)CCCCC2)n1. The van der Waals surface area contributed by atoms with Gasteiger partial charge in [0.2, 0.25) is 11.8 Å². The van der Waals surface area contributed by atoms with E-state index in [0.717, 1.165) is 36.8 Å². The maximum atomic E-state index is 6.14. The van der Waals surface area contributed by atoms with Crippen LogP contribution >= 0.6 is 23.8 Å². The number of thiocarbonyl (C=S) groups is 1. The highest BCUT2D eigenvalue weighted by Crippen LogP contribution is 2.39. The molecule has 8 heteroatoms. The fraction of sp³-hybridized carbons (Fsp3) is 0.560. The molecule has 1 aliphatic heterocycles. The predicted molar refractivity (Wildman–Crippen MR) is 140 cm³/mol. The van der Waals surface area contributed by atoms with Crippen molar-refractivity contribution >= 4 is 40.7 Å². The summed E-state index contributed by atoms with van der Waals surface area (Å²) in [7, 11) is 1.63. The molecule has 1 atom stereocenters. The van der Waals surface area contributed by atoms with Crippen LogP contribution in [0.2, 0.25) is 5.02 Å². The topological polar surface area (TPSA) is 62.3 Å². The van der Waals surface area contributed by atoms with Gasteiger partial charge in [-0.2, -0.15) is 9.97 Å². The van der Waals surface area contributed by atoms with Gasteiger partial charge in [0.15, 0.2) is 5.11 Å². The van der Waals surface area contributed by atoms with Crippen LogP contribution in [0.25, 0.3) is 0 Å². The summed E-state index contributed by atoms with van der Waals surface area (Å²) in [6, 6.07) is 10.6. The van der Waals surface area contributed by atoms with Crippen molar-refractivity contribution in [1.82, 2.24) is 15.3 Å². The van der Waals surface area contributed by atoms with Crippen LogP contribution in [0, 0.1) is 0 Å². The van der Waals surface area contributed by atoms with Gasteiger partial charge in [0, 0.05) is 35.6 Å². The van der Waals surface area contributed by atoms with E-state index in [4.69, 9.17) is 33.5 Å². The van der Waals surface area contributed by atoms with Crippen LogP contribution in [0.5, 0.6) is 5.88 Å². The van der Waals surface area contributed by atoms with E-state index in [1.165, 1.54) is 44.1 Å². The number of hydrogen-bond acceptors (Lipinski definition) is 5. The first kappa shape index (κ1) is 24.0. The second kappa shape index (κ2) is 10.9. The Morgan fingerprint density at radius 3 is 2.61 bits per heavy atom. The van der Waals surface area contributed by atoms with Crippen LogP contribution in [0.15, 0.2) is 30.3 Å². The fourth-order valence-electron chi connectivity index (χ4n) is 5.15. The van der Waals surface area contributed by atoms with Crippen LogP contribution in [-0.2, 0) is 5.41 Å². The smallest absolute Gasteiger partial charge is 0.234 e. The molecule has 2 aromatic rings. The number of aromatic nitrogens is 2. The molecule has 0 amide bonds. The van der Waals surface area contributed by atoms with Crippen LogP contribution in [0.1, 0.15) is 63.9 Å². The standard InChI is InChI=1S/C25H34ClN5OS/c1-18-8-4-7-15-31(18)21-16-22(32-2)29-23(28-21)30-24(33)27-17-25(13-5-3-6-14-25)19-9-11-20(26)12-10-19/h9-12,16,18H,3-8,13-15,17H2,1-2H3,(H2,27,28,29,30,33). The number of halogens is 1. The van der Waals surface area contributed by atoms with Crippen LogP contribution in [-0.4, -0.2) is 41.3 Å². The molecule has 178 valence electrons. The highest BCUT2D eigenvalue weighted by atomic mass is 35.5. The summed E-state index contributed by atoms with van der Waals surface area (Å²) in [5.74, 6) is 1.88. The summed E-state index contributed by atoms with van der Waals surface area (Å²) in [4.78, 5) is 11.6. The Balaban J connectivity index is 1.46. The summed E-state index contributed by atoms with van der Waals surface area (Å²) < 4.78 is 5.45. The largest absolute Gasteiger partial charge is 0.481 e. The highest BCUT2D eigenvalue weighted by Gasteiger charge is 2.34. The number of ether oxygens (including phenoxy) is 1. The van der Waals surface area contributed by atoms with Crippen molar-refractivity contribution in [2.75, 3.05) is 30.4 Å². The number of methoxy groups -OCH3 is 1.